The maximum atomic E-state index is 13.2. The van der Waals surface area contributed by atoms with Crippen molar-refractivity contribution in [2.24, 2.45) is 0 Å². The molecule has 3 aromatic rings. The Morgan fingerprint density at radius 3 is 2.14 bits per heavy atom. The van der Waals surface area contributed by atoms with Gasteiger partial charge in [-0.05, 0) is 24.1 Å². The molecular formula is C25H26N2O2. The molecule has 4 nitrogen and oxygen atoms in total. The van der Waals surface area contributed by atoms with E-state index in [0.717, 1.165) is 22.4 Å². The number of nitrogens with one attached hydrogen (secondary N) is 1. The minimum atomic E-state index is -0.264. The Hall–Kier alpha value is -3.11. The number of benzene rings is 3. The van der Waals surface area contributed by atoms with Crippen molar-refractivity contribution in [3.8, 4) is 5.75 Å². The molecule has 148 valence electrons. The van der Waals surface area contributed by atoms with Gasteiger partial charge in [0.2, 0.25) is 5.91 Å². The largest absolute Gasteiger partial charge is 0.492 e. The van der Waals surface area contributed by atoms with Crippen LogP contribution in [0.1, 0.15) is 29.7 Å². The van der Waals surface area contributed by atoms with Gasteiger partial charge < -0.3 is 10.1 Å². The zero-order valence-corrected chi connectivity index (χ0v) is 16.6. The van der Waals surface area contributed by atoms with E-state index in [9.17, 15) is 4.79 Å². The van der Waals surface area contributed by atoms with Gasteiger partial charge in [-0.2, -0.15) is 0 Å². The standard InChI is InChI=1S/C25H26N2O2/c1-19(27-16-17-29-23-15-9-8-14-22(23)18-27)25(28)26-24(20-10-4-2-5-11-20)21-12-6-3-7-13-21/h2-15,19,24H,16-18H2,1H3,(H,26,28). The molecule has 1 aliphatic rings. The second kappa shape index (κ2) is 8.93. The highest BCUT2D eigenvalue weighted by Crippen LogP contribution is 2.25. The number of amides is 1. The van der Waals surface area contributed by atoms with Crippen LogP contribution in [0.4, 0.5) is 0 Å². The first kappa shape index (κ1) is 19.2. The second-order valence-corrected chi connectivity index (χ2v) is 7.37. The average Bonchev–Trinajstić information content (AvgIpc) is 3.00. The fourth-order valence-corrected chi connectivity index (χ4v) is 3.76. The summed E-state index contributed by atoms with van der Waals surface area (Å²) in [6, 6.07) is 27.8. The van der Waals surface area contributed by atoms with Crippen molar-refractivity contribution in [1.82, 2.24) is 10.2 Å². The van der Waals surface area contributed by atoms with Gasteiger partial charge in [-0.3, -0.25) is 9.69 Å². The molecule has 4 heteroatoms. The van der Waals surface area contributed by atoms with Gasteiger partial charge >= 0.3 is 0 Å². The Kier molecular flexibility index (Phi) is 5.92. The van der Waals surface area contributed by atoms with Crippen molar-refractivity contribution < 1.29 is 9.53 Å². The first-order valence-corrected chi connectivity index (χ1v) is 10.1. The van der Waals surface area contributed by atoms with Crippen molar-refractivity contribution in [2.75, 3.05) is 13.2 Å². The molecule has 1 aliphatic heterocycles. The van der Waals surface area contributed by atoms with Gasteiger partial charge in [0.05, 0.1) is 12.1 Å². The predicted octanol–water partition coefficient (Wildman–Crippen LogP) is 4.18. The van der Waals surface area contributed by atoms with E-state index in [-0.39, 0.29) is 18.0 Å². The van der Waals surface area contributed by atoms with Crippen molar-refractivity contribution in [3.63, 3.8) is 0 Å². The van der Waals surface area contributed by atoms with Crippen LogP contribution in [0.15, 0.2) is 84.9 Å². The molecule has 1 N–H and O–H groups in total. The van der Waals surface area contributed by atoms with Gasteiger partial charge in [0, 0.05) is 18.7 Å². The number of hydrogen-bond donors (Lipinski definition) is 1. The summed E-state index contributed by atoms with van der Waals surface area (Å²) in [5.41, 5.74) is 3.26. The average molecular weight is 386 g/mol. The fourth-order valence-electron chi connectivity index (χ4n) is 3.76. The molecule has 0 spiro atoms. The number of ether oxygens (including phenoxy) is 1. The molecular weight excluding hydrogens is 360 g/mol. The van der Waals surface area contributed by atoms with Crippen molar-refractivity contribution >= 4 is 5.91 Å². The maximum absolute atomic E-state index is 13.2. The van der Waals surface area contributed by atoms with Crippen LogP contribution in [-0.4, -0.2) is 30.0 Å². The molecule has 4 rings (SSSR count). The Labute approximate surface area is 172 Å². The van der Waals surface area contributed by atoms with Crippen molar-refractivity contribution in [2.45, 2.75) is 25.6 Å². The van der Waals surface area contributed by atoms with Crippen LogP contribution in [0.25, 0.3) is 0 Å². The van der Waals surface area contributed by atoms with Crippen LogP contribution in [0.3, 0.4) is 0 Å². The lowest BCUT2D eigenvalue weighted by Crippen LogP contribution is -2.46. The van der Waals surface area contributed by atoms with Gasteiger partial charge in [0.1, 0.15) is 12.4 Å². The number of hydrogen-bond acceptors (Lipinski definition) is 3. The number of carbonyl (C=O) groups is 1. The van der Waals surface area contributed by atoms with E-state index in [4.69, 9.17) is 4.74 Å². The van der Waals surface area contributed by atoms with Gasteiger partial charge in [-0.1, -0.05) is 78.9 Å². The lowest BCUT2D eigenvalue weighted by Gasteiger charge is -2.28. The minimum Gasteiger partial charge on any atom is -0.492 e. The predicted molar refractivity (Wildman–Crippen MR) is 115 cm³/mol. The lowest BCUT2D eigenvalue weighted by atomic mass is 9.98. The van der Waals surface area contributed by atoms with Gasteiger partial charge in [-0.25, -0.2) is 0 Å². The highest BCUT2D eigenvalue weighted by atomic mass is 16.5. The highest BCUT2D eigenvalue weighted by molar-refractivity contribution is 5.82. The molecule has 0 saturated carbocycles. The molecule has 1 unspecified atom stereocenters. The van der Waals surface area contributed by atoms with Crippen LogP contribution in [0, 0.1) is 0 Å². The summed E-state index contributed by atoms with van der Waals surface area (Å²) in [7, 11) is 0. The van der Waals surface area contributed by atoms with Crippen LogP contribution in [0.2, 0.25) is 0 Å². The van der Waals surface area contributed by atoms with E-state index < -0.39 is 0 Å². The number of fused-ring (bicyclic) bond motifs is 1. The van der Waals surface area contributed by atoms with Crippen LogP contribution >= 0.6 is 0 Å². The van der Waals surface area contributed by atoms with Crippen molar-refractivity contribution in [1.29, 1.82) is 0 Å². The fraction of sp³-hybridized carbons (Fsp3) is 0.240. The first-order chi connectivity index (χ1) is 14.2. The second-order valence-electron chi connectivity index (χ2n) is 7.37. The molecule has 1 amide bonds. The molecule has 0 aromatic heterocycles. The summed E-state index contributed by atoms with van der Waals surface area (Å²) in [6.07, 6.45) is 0. The smallest absolute Gasteiger partial charge is 0.237 e. The molecule has 3 aromatic carbocycles. The van der Waals surface area contributed by atoms with Gasteiger partial charge in [-0.15, -0.1) is 0 Å². The van der Waals surface area contributed by atoms with E-state index >= 15 is 0 Å². The van der Waals surface area contributed by atoms with E-state index in [1.807, 2.05) is 61.5 Å². The number of rotatable bonds is 5. The third-order valence-electron chi connectivity index (χ3n) is 5.46. The van der Waals surface area contributed by atoms with Crippen LogP contribution in [0.5, 0.6) is 5.75 Å². The summed E-state index contributed by atoms with van der Waals surface area (Å²) in [6.45, 7) is 3.96. The third-order valence-corrected chi connectivity index (χ3v) is 5.46. The zero-order valence-electron chi connectivity index (χ0n) is 16.6. The van der Waals surface area contributed by atoms with E-state index in [2.05, 4.69) is 40.5 Å². The van der Waals surface area contributed by atoms with Gasteiger partial charge in [0.15, 0.2) is 0 Å². The van der Waals surface area contributed by atoms with E-state index in [1.165, 1.54) is 0 Å². The van der Waals surface area contributed by atoms with Gasteiger partial charge in [0.25, 0.3) is 0 Å². The molecule has 0 bridgehead atoms. The molecule has 0 saturated heterocycles. The summed E-state index contributed by atoms with van der Waals surface area (Å²) < 4.78 is 5.85. The maximum Gasteiger partial charge on any atom is 0.237 e. The molecule has 0 radical (unpaired) electrons. The molecule has 0 aliphatic carbocycles. The van der Waals surface area contributed by atoms with Crippen LogP contribution < -0.4 is 10.1 Å². The number of para-hydroxylation sites is 1. The zero-order chi connectivity index (χ0) is 20.1. The molecule has 29 heavy (non-hydrogen) atoms. The number of carbonyl (C=O) groups excluding carboxylic acids is 1. The Morgan fingerprint density at radius 2 is 1.48 bits per heavy atom. The quantitative estimate of drug-likeness (QED) is 0.715. The van der Waals surface area contributed by atoms with Crippen molar-refractivity contribution in [3.05, 3.63) is 102 Å². The highest BCUT2D eigenvalue weighted by Gasteiger charge is 2.27. The monoisotopic (exact) mass is 386 g/mol. The lowest BCUT2D eigenvalue weighted by molar-refractivity contribution is -0.126. The van der Waals surface area contributed by atoms with E-state index in [0.29, 0.717) is 19.7 Å². The minimum absolute atomic E-state index is 0.0158. The SMILES string of the molecule is CC(C(=O)NC(c1ccccc1)c1ccccc1)N1CCOc2ccccc2C1. The van der Waals surface area contributed by atoms with E-state index in [1.54, 1.807) is 0 Å². The Morgan fingerprint density at radius 1 is 0.897 bits per heavy atom. The number of nitrogens with zero attached hydrogens (tertiary/aromatic N) is 1. The first-order valence-electron chi connectivity index (χ1n) is 10.1. The normalized spacial score (nSPS) is 15.1. The molecule has 0 fully saturated rings. The Bertz CT molecular complexity index is 904. The topological polar surface area (TPSA) is 41.6 Å². The molecule has 1 atom stereocenters. The molecule has 1 heterocycles. The summed E-state index contributed by atoms with van der Waals surface area (Å²) in [4.78, 5) is 15.4. The summed E-state index contributed by atoms with van der Waals surface area (Å²) in [5.74, 6) is 0.927. The summed E-state index contributed by atoms with van der Waals surface area (Å²) >= 11 is 0. The third kappa shape index (κ3) is 4.49. The summed E-state index contributed by atoms with van der Waals surface area (Å²) in [5, 5.41) is 3.27. The van der Waals surface area contributed by atoms with Crippen LogP contribution in [-0.2, 0) is 11.3 Å². The Balaban J connectivity index is 1.53.